The predicted octanol–water partition coefficient (Wildman–Crippen LogP) is 3.20. The van der Waals surface area contributed by atoms with Gasteiger partial charge in [0.15, 0.2) is 0 Å². The Morgan fingerprint density at radius 3 is 1.78 bits per heavy atom. The lowest BCUT2D eigenvalue weighted by Crippen LogP contribution is -1.98. The highest BCUT2D eigenvalue weighted by atomic mass is 32.2. The van der Waals surface area contributed by atoms with Crippen molar-refractivity contribution in [3.63, 3.8) is 0 Å². The molecule has 0 rings (SSSR count). The molecule has 0 aliphatic rings. The van der Waals surface area contributed by atoms with E-state index in [-0.39, 0.29) is 17.5 Å². The minimum absolute atomic E-state index is 0.176. The molecule has 0 saturated carbocycles. The molecule has 0 aliphatic carbocycles. The second-order valence-corrected chi connectivity index (χ2v) is 5.07. The summed E-state index contributed by atoms with van der Waals surface area (Å²) in [7, 11) is 2.70. The van der Waals surface area contributed by atoms with Gasteiger partial charge in [-0.2, -0.15) is 0 Å². The van der Waals surface area contributed by atoms with Crippen LogP contribution in [-0.2, 0) is 23.9 Å². The summed E-state index contributed by atoms with van der Waals surface area (Å²) in [5.41, 5.74) is 0.609. The molecule has 0 aromatic heterocycles. The van der Waals surface area contributed by atoms with Crippen molar-refractivity contribution in [2.75, 3.05) is 20.0 Å². The number of esters is 2. The van der Waals surface area contributed by atoms with Crippen molar-refractivity contribution in [1.82, 2.24) is 0 Å². The average molecular weight is 346 g/mol. The lowest BCUT2D eigenvalue weighted by molar-refractivity contribution is -0.136. The van der Waals surface area contributed by atoms with Crippen LogP contribution in [0.2, 0.25) is 0 Å². The van der Waals surface area contributed by atoms with Gasteiger partial charge in [0.2, 0.25) is 0 Å². The summed E-state index contributed by atoms with van der Waals surface area (Å²) in [6.45, 7) is 11.7. The molecule has 0 aromatic carbocycles. The smallest absolute Gasteiger partial charge is 0.332 e. The van der Waals surface area contributed by atoms with Crippen molar-refractivity contribution in [2.24, 2.45) is 0 Å². The number of hydrogen-bond acceptors (Lipinski definition) is 6. The molecule has 7 heteroatoms. The Morgan fingerprint density at radius 1 is 1.09 bits per heavy atom. The van der Waals surface area contributed by atoms with Crippen LogP contribution >= 0.6 is 11.8 Å². The standard InChI is InChI=1S/C7H12O2S.C5H8O2.C4H6O2/c1-3-5-10-6-4-7(8)9-2;1-4(2)5(6)7-3;1-3(2)4(5)6/h4,6H,3,5H2,1-2H3;1H2,2-3H3;1H2,2H3,(H,5,6). The molecular formula is C16H26O6S. The Bertz CT molecular complexity index is 414. The fourth-order valence-electron chi connectivity index (χ4n) is 0.532. The highest BCUT2D eigenvalue weighted by Gasteiger charge is 1.95. The lowest BCUT2D eigenvalue weighted by atomic mass is 10.4. The Labute approximate surface area is 142 Å². The topological polar surface area (TPSA) is 89.9 Å². The zero-order valence-electron chi connectivity index (χ0n) is 14.4. The number of rotatable bonds is 6. The molecule has 1 N–H and O–H groups in total. The Kier molecular flexibility index (Phi) is 20.3. The highest BCUT2D eigenvalue weighted by molar-refractivity contribution is 8.02. The molecule has 0 spiro atoms. The fraction of sp³-hybridized carbons (Fsp3) is 0.438. The SMILES string of the molecule is C=C(C)C(=O)O.C=C(C)C(=O)OC.CCCSC=CC(=O)OC. The van der Waals surface area contributed by atoms with Crippen LogP contribution in [0.15, 0.2) is 35.8 Å². The largest absolute Gasteiger partial charge is 0.478 e. The summed E-state index contributed by atoms with van der Waals surface area (Å²) < 4.78 is 8.66. The number of aliphatic carboxylic acids is 1. The van der Waals surface area contributed by atoms with Crippen molar-refractivity contribution >= 4 is 29.7 Å². The lowest BCUT2D eigenvalue weighted by Gasteiger charge is -1.91. The van der Waals surface area contributed by atoms with Crippen molar-refractivity contribution in [3.05, 3.63) is 35.8 Å². The average Bonchev–Trinajstić information content (AvgIpc) is 2.51. The summed E-state index contributed by atoms with van der Waals surface area (Å²) in [4.78, 5) is 30.2. The normalized spacial score (nSPS) is 8.74. The van der Waals surface area contributed by atoms with E-state index in [0.29, 0.717) is 5.57 Å². The van der Waals surface area contributed by atoms with E-state index < -0.39 is 5.97 Å². The molecule has 0 atom stereocenters. The van der Waals surface area contributed by atoms with Crippen molar-refractivity contribution in [3.8, 4) is 0 Å². The number of thioether (sulfide) groups is 1. The van der Waals surface area contributed by atoms with Gasteiger partial charge in [-0.05, 0) is 31.4 Å². The van der Waals surface area contributed by atoms with Gasteiger partial charge in [-0.1, -0.05) is 20.1 Å². The summed E-state index contributed by atoms with van der Waals surface area (Å²) in [6.07, 6.45) is 2.55. The first-order chi connectivity index (χ1) is 10.6. The number of hydrogen-bond donors (Lipinski definition) is 1. The minimum atomic E-state index is -0.935. The van der Waals surface area contributed by atoms with Crippen LogP contribution in [0.3, 0.4) is 0 Å². The molecule has 0 fully saturated rings. The van der Waals surface area contributed by atoms with Gasteiger partial charge in [-0.25, -0.2) is 14.4 Å². The van der Waals surface area contributed by atoms with Crippen molar-refractivity contribution in [2.45, 2.75) is 27.2 Å². The molecule has 132 valence electrons. The summed E-state index contributed by atoms with van der Waals surface area (Å²) in [5, 5.41) is 9.65. The zero-order chi connectivity index (χ0) is 18.8. The number of carbonyl (C=O) groups excluding carboxylic acids is 2. The molecule has 0 unspecified atom stereocenters. The molecule has 0 aromatic rings. The van der Waals surface area contributed by atoms with Gasteiger partial charge in [-0.3, -0.25) is 0 Å². The molecule has 23 heavy (non-hydrogen) atoms. The quantitative estimate of drug-likeness (QED) is 0.449. The minimum Gasteiger partial charge on any atom is -0.478 e. The van der Waals surface area contributed by atoms with Crippen LogP contribution in [0.1, 0.15) is 27.2 Å². The second-order valence-electron chi connectivity index (χ2n) is 4.05. The second kappa shape index (κ2) is 18.0. The van der Waals surface area contributed by atoms with E-state index in [1.165, 1.54) is 27.2 Å². The third kappa shape index (κ3) is 25.3. The Hall–Kier alpha value is -2.02. The van der Waals surface area contributed by atoms with Crippen molar-refractivity contribution in [1.29, 1.82) is 0 Å². The van der Waals surface area contributed by atoms with E-state index in [2.05, 4.69) is 29.6 Å². The van der Waals surface area contributed by atoms with Crippen LogP contribution in [-0.4, -0.2) is 43.0 Å². The van der Waals surface area contributed by atoms with E-state index >= 15 is 0 Å². The van der Waals surface area contributed by atoms with Gasteiger partial charge >= 0.3 is 17.9 Å². The third-order valence-electron chi connectivity index (χ3n) is 1.72. The van der Waals surface area contributed by atoms with E-state index in [1.807, 2.05) is 0 Å². The monoisotopic (exact) mass is 346 g/mol. The van der Waals surface area contributed by atoms with Crippen LogP contribution in [0.4, 0.5) is 0 Å². The number of ether oxygens (including phenoxy) is 2. The van der Waals surface area contributed by atoms with Crippen LogP contribution in [0, 0.1) is 0 Å². The molecule has 0 saturated heterocycles. The van der Waals surface area contributed by atoms with Gasteiger partial charge in [0.25, 0.3) is 0 Å². The van der Waals surface area contributed by atoms with Crippen LogP contribution < -0.4 is 0 Å². The van der Waals surface area contributed by atoms with Crippen LogP contribution in [0.25, 0.3) is 0 Å². The summed E-state index contributed by atoms with van der Waals surface area (Å²) in [5.74, 6) is -0.522. The number of carboxylic acid groups (broad SMARTS) is 1. The molecule has 0 aliphatic heterocycles. The van der Waals surface area contributed by atoms with Crippen LogP contribution in [0.5, 0.6) is 0 Å². The summed E-state index contributed by atoms with van der Waals surface area (Å²) >= 11 is 1.62. The Balaban J connectivity index is -0.000000272. The van der Waals surface area contributed by atoms with E-state index in [4.69, 9.17) is 5.11 Å². The van der Waals surface area contributed by atoms with Crippen molar-refractivity contribution < 1.29 is 29.0 Å². The van der Waals surface area contributed by atoms with Gasteiger partial charge in [0, 0.05) is 17.2 Å². The molecule has 0 radical (unpaired) electrons. The van der Waals surface area contributed by atoms with E-state index in [9.17, 15) is 14.4 Å². The van der Waals surface area contributed by atoms with E-state index in [1.54, 1.807) is 24.1 Å². The first-order valence-corrected chi connectivity index (χ1v) is 7.67. The number of carbonyl (C=O) groups is 3. The number of methoxy groups -OCH3 is 2. The molecule has 0 amide bonds. The molecule has 6 nitrogen and oxygen atoms in total. The first kappa shape index (κ1) is 25.9. The molecule has 0 bridgehead atoms. The molecular weight excluding hydrogens is 320 g/mol. The van der Waals surface area contributed by atoms with Gasteiger partial charge in [0.05, 0.1) is 14.2 Å². The predicted molar refractivity (Wildman–Crippen MR) is 93.2 cm³/mol. The Morgan fingerprint density at radius 2 is 1.57 bits per heavy atom. The number of carboxylic acids is 1. The third-order valence-corrected chi connectivity index (χ3v) is 2.69. The first-order valence-electron chi connectivity index (χ1n) is 6.62. The maximum Gasteiger partial charge on any atom is 0.332 e. The van der Waals surface area contributed by atoms with E-state index in [0.717, 1.165) is 12.2 Å². The van der Waals surface area contributed by atoms with Gasteiger partial charge in [0.1, 0.15) is 0 Å². The highest BCUT2D eigenvalue weighted by Crippen LogP contribution is 2.02. The maximum absolute atomic E-state index is 10.5. The molecule has 0 heterocycles. The fourth-order valence-corrected chi connectivity index (χ4v) is 1.11. The van der Waals surface area contributed by atoms with Gasteiger partial charge < -0.3 is 14.6 Å². The zero-order valence-corrected chi connectivity index (χ0v) is 15.2. The summed E-state index contributed by atoms with van der Waals surface area (Å²) in [6, 6.07) is 0. The van der Waals surface area contributed by atoms with Gasteiger partial charge in [-0.15, -0.1) is 11.8 Å². The maximum atomic E-state index is 10.5.